The highest BCUT2D eigenvalue weighted by molar-refractivity contribution is 8.32. The maximum Gasteiger partial charge on any atom is 0.0112 e. The van der Waals surface area contributed by atoms with Crippen LogP contribution in [0.1, 0.15) is 11.1 Å². The summed E-state index contributed by atoms with van der Waals surface area (Å²) in [4.78, 5) is 2.91. The van der Waals surface area contributed by atoms with Gasteiger partial charge in [-0.05, 0) is 46.2 Å². The zero-order valence-electron chi connectivity index (χ0n) is 10.3. The Hall–Kier alpha value is -1.42. The van der Waals surface area contributed by atoms with Crippen LogP contribution in [-0.2, 0) is 0 Å². The molecule has 1 N–H and O–H groups in total. The molecule has 19 heavy (non-hydrogen) atoms. The molecular weight excluding hydrogens is 270 g/mol. The molecule has 0 amide bonds. The highest BCUT2D eigenvalue weighted by Crippen LogP contribution is 2.52. The highest BCUT2D eigenvalue weighted by Gasteiger charge is 2.18. The second-order valence-electron chi connectivity index (χ2n) is 4.59. The fraction of sp³-hybridized carbons (Fsp3) is 0. The van der Waals surface area contributed by atoms with E-state index in [9.17, 15) is 0 Å². The zero-order valence-corrected chi connectivity index (χ0v) is 12.1. The van der Waals surface area contributed by atoms with Gasteiger partial charge in [-0.25, -0.2) is 4.13 Å². The Morgan fingerprint density at radius 2 is 1.11 bits per heavy atom. The van der Waals surface area contributed by atoms with Gasteiger partial charge in [0.2, 0.25) is 0 Å². The highest BCUT2D eigenvalue weighted by atomic mass is 32.3. The first-order chi connectivity index (χ1) is 9.42. The minimum atomic E-state index is -0.349. The molecule has 1 nitrogen and oxygen atoms in total. The molecule has 0 saturated heterocycles. The Balaban J connectivity index is 1.62. The molecule has 2 aromatic rings. The third-order valence-electron chi connectivity index (χ3n) is 3.41. The molecule has 0 spiro atoms. The van der Waals surface area contributed by atoms with E-state index in [1.54, 1.807) is 0 Å². The van der Waals surface area contributed by atoms with Crippen LogP contribution in [-0.4, -0.2) is 0 Å². The lowest BCUT2D eigenvalue weighted by Gasteiger charge is -2.25. The zero-order chi connectivity index (χ0) is 12.7. The normalized spacial score (nSPS) is 26.3. The van der Waals surface area contributed by atoms with Crippen LogP contribution < -0.4 is 4.13 Å². The third-order valence-corrected chi connectivity index (χ3v) is 7.89. The molecule has 96 valence electrons. The monoisotopic (exact) mass is 285 g/mol. The van der Waals surface area contributed by atoms with Gasteiger partial charge in [-0.3, -0.25) is 0 Å². The van der Waals surface area contributed by atoms with Gasteiger partial charge in [0.1, 0.15) is 0 Å². The van der Waals surface area contributed by atoms with Gasteiger partial charge in [-0.15, -0.1) is 22.2 Å². The van der Waals surface area contributed by atoms with E-state index in [1.165, 1.54) is 20.9 Å². The summed E-state index contributed by atoms with van der Waals surface area (Å²) >= 11 is -0.699. The summed E-state index contributed by atoms with van der Waals surface area (Å²) in [6, 6.07) is 17.4. The number of fused-ring (bicyclic) bond motifs is 2. The average Bonchev–Trinajstić information content (AvgIpc) is 3.05. The van der Waals surface area contributed by atoms with Crippen molar-refractivity contribution in [2.45, 2.75) is 9.79 Å². The van der Waals surface area contributed by atoms with Gasteiger partial charge in [-0.2, -0.15) is 0 Å². The van der Waals surface area contributed by atoms with Crippen molar-refractivity contribution in [3.8, 4) is 0 Å². The van der Waals surface area contributed by atoms with Crippen LogP contribution in [0.5, 0.6) is 0 Å². The minimum absolute atomic E-state index is 0.349. The molecule has 0 fully saturated rings. The summed E-state index contributed by atoms with van der Waals surface area (Å²) in [7, 11) is 0. The Bertz CT molecular complexity index is 631. The number of thiol groups is 2. The summed E-state index contributed by atoms with van der Waals surface area (Å²) in [6.07, 6.45) is 4.49. The van der Waals surface area contributed by atoms with Gasteiger partial charge in [-0.1, -0.05) is 36.4 Å². The van der Waals surface area contributed by atoms with Crippen molar-refractivity contribution < 1.29 is 0 Å². The van der Waals surface area contributed by atoms with Crippen LogP contribution in [0.15, 0.2) is 69.1 Å². The van der Waals surface area contributed by atoms with Crippen molar-refractivity contribution in [2.24, 2.45) is 0 Å². The van der Waals surface area contributed by atoms with Crippen molar-refractivity contribution in [3.05, 3.63) is 70.5 Å². The van der Waals surface area contributed by atoms with Crippen LogP contribution in [0, 0.1) is 0 Å². The molecule has 0 radical (unpaired) electrons. The van der Waals surface area contributed by atoms with Crippen LogP contribution in [0.2, 0.25) is 0 Å². The SMILES string of the molecule is C1=C[SH](N[SH]2C=Cc3ccccc32)c2ccccc21. The molecule has 2 aliphatic heterocycles. The Labute approximate surface area is 119 Å². The van der Waals surface area contributed by atoms with Crippen molar-refractivity contribution in [1.82, 2.24) is 4.13 Å². The average molecular weight is 285 g/mol. The van der Waals surface area contributed by atoms with Crippen molar-refractivity contribution in [3.63, 3.8) is 0 Å². The van der Waals surface area contributed by atoms with Crippen LogP contribution in [0.4, 0.5) is 0 Å². The van der Waals surface area contributed by atoms with Gasteiger partial charge in [0, 0.05) is 9.79 Å². The van der Waals surface area contributed by atoms with Crippen molar-refractivity contribution in [2.75, 3.05) is 0 Å². The number of hydrogen-bond acceptors (Lipinski definition) is 1. The standard InChI is InChI=1S/C16H15NS2/c1-3-7-15-13(5-1)9-11-18(15)17-19-12-10-14-6-2-4-8-16(14)19/h1-12,17-19H. The maximum atomic E-state index is 3.85. The van der Waals surface area contributed by atoms with E-state index >= 15 is 0 Å². The van der Waals surface area contributed by atoms with E-state index in [2.05, 4.69) is 75.6 Å². The first-order valence-electron chi connectivity index (χ1n) is 6.31. The molecule has 2 unspecified atom stereocenters. The van der Waals surface area contributed by atoms with E-state index in [0.717, 1.165) is 0 Å². The first kappa shape index (κ1) is 11.4. The molecule has 0 saturated carbocycles. The molecule has 0 bridgehead atoms. The molecule has 2 heterocycles. The molecule has 3 heteroatoms. The van der Waals surface area contributed by atoms with E-state index in [1.807, 2.05) is 0 Å². The predicted octanol–water partition coefficient (Wildman–Crippen LogP) is 4.50. The Morgan fingerprint density at radius 3 is 1.63 bits per heavy atom. The lowest BCUT2D eigenvalue weighted by molar-refractivity contribution is 1.39. The van der Waals surface area contributed by atoms with Crippen molar-refractivity contribution in [1.29, 1.82) is 0 Å². The predicted molar refractivity (Wildman–Crippen MR) is 88.6 cm³/mol. The Kier molecular flexibility index (Phi) is 2.76. The lowest BCUT2D eigenvalue weighted by Crippen LogP contribution is -2.02. The number of nitrogens with one attached hydrogen (secondary N) is 1. The molecule has 2 aliphatic rings. The summed E-state index contributed by atoms with van der Waals surface area (Å²) in [5, 5.41) is 4.66. The summed E-state index contributed by atoms with van der Waals surface area (Å²) in [5.41, 5.74) is 2.74. The third kappa shape index (κ3) is 1.94. The Morgan fingerprint density at radius 1 is 0.632 bits per heavy atom. The summed E-state index contributed by atoms with van der Waals surface area (Å²) in [5.74, 6) is 0. The largest absolute Gasteiger partial charge is 0.234 e. The second kappa shape index (κ2) is 4.60. The van der Waals surface area contributed by atoms with E-state index in [0.29, 0.717) is 0 Å². The maximum absolute atomic E-state index is 3.85. The topological polar surface area (TPSA) is 12.0 Å². The van der Waals surface area contributed by atoms with Crippen molar-refractivity contribution >= 4 is 34.3 Å². The lowest BCUT2D eigenvalue weighted by atomic mass is 10.2. The molecule has 0 aromatic heterocycles. The van der Waals surface area contributed by atoms with Gasteiger partial charge in [0.15, 0.2) is 0 Å². The van der Waals surface area contributed by atoms with Gasteiger partial charge in [0.05, 0.1) is 0 Å². The van der Waals surface area contributed by atoms with E-state index in [-0.39, 0.29) is 22.2 Å². The van der Waals surface area contributed by atoms with Gasteiger partial charge in [0.25, 0.3) is 0 Å². The van der Waals surface area contributed by atoms with E-state index in [4.69, 9.17) is 0 Å². The smallest absolute Gasteiger partial charge is 0.0112 e. The summed E-state index contributed by atoms with van der Waals surface area (Å²) < 4.78 is 3.85. The van der Waals surface area contributed by atoms with Crippen LogP contribution in [0.3, 0.4) is 0 Å². The van der Waals surface area contributed by atoms with E-state index < -0.39 is 0 Å². The molecule has 2 atom stereocenters. The number of rotatable bonds is 2. The molecule has 4 rings (SSSR count). The van der Waals surface area contributed by atoms with Crippen LogP contribution in [0.25, 0.3) is 12.2 Å². The molecule has 2 aromatic carbocycles. The fourth-order valence-electron chi connectivity index (χ4n) is 2.46. The number of benzene rings is 2. The quantitative estimate of drug-likeness (QED) is 0.690. The first-order valence-corrected chi connectivity index (χ1v) is 9.13. The van der Waals surface area contributed by atoms with Gasteiger partial charge < -0.3 is 0 Å². The minimum Gasteiger partial charge on any atom is -0.234 e. The van der Waals surface area contributed by atoms with Gasteiger partial charge >= 0.3 is 0 Å². The molecular formula is C16H15NS2. The van der Waals surface area contributed by atoms with Crippen LogP contribution >= 0.6 is 22.2 Å². The second-order valence-corrected chi connectivity index (χ2v) is 8.43. The fourth-order valence-corrected chi connectivity index (χ4v) is 7.07. The molecule has 0 aliphatic carbocycles. The summed E-state index contributed by atoms with van der Waals surface area (Å²) in [6.45, 7) is 0. The number of hydrogen-bond donors (Lipinski definition) is 3.